The van der Waals surface area contributed by atoms with Gasteiger partial charge in [-0.15, -0.1) is 12.4 Å². The number of likely N-dealkylation sites (tertiary alicyclic amines) is 1. The maximum Gasteiger partial charge on any atom is 0.231 e. The molecule has 1 fully saturated rings. The molecule has 8 nitrogen and oxygen atoms in total. The molecule has 5 rings (SSSR count). The zero-order valence-corrected chi connectivity index (χ0v) is 21.3. The fourth-order valence-corrected chi connectivity index (χ4v) is 4.29. The Morgan fingerprint density at radius 1 is 1.05 bits per heavy atom. The van der Waals surface area contributed by atoms with Crippen LogP contribution in [0.5, 0.6) is 0 Å². The highest BCUT2D eigenvalue weighted by molar-refractivity contribution is 5.98. The lowest BCUT2D eigenvalue weighted by Gasteiger charge is -2.14. The molecule has 1 saturated heterocycles. The molecule has 0 saturated carbocycles. The van der Waals surface area contributed by atoms with Crippen LogP contribution in [0, 0.1) is 5.41 Å². The Bertz CT molecular complexity index is 1370. The van der Waals surface area contributed by atoms with Crippen molar-refractivity contribution in [3.8, 4) is 22.5 Å². The van der Waals surface area contributed by atoms with Crippen LogP contribution in [0.25, 0.3) is 22.5 Å². The molecule has 1 aromatic heterocycles. The molecule has 190 valence electrons. The molecule has 3 N–H and O–H groups in total. The molecule has 0 radical (unpaired) electrons. The number of guanidine groups is 1. The number of nitrogens with one attached hydrogen (secondary N) is 1. The van der Waals surface area contributed by atoms with Gasteiger partial charge in [0.05, 0.1) is 11.6 Å². The molecule has 1 aliphatic heterocycles. The number of halogens is 1. The summed E-state index contributed by atoms with van der Waals surface area (Å²) in [6, 6.07) is 26.4. The minimum atomic E-state index is 0. The molecule has 9 heteroatoms. The van der Waals surface area contributed by atoms with Crippen molar-refractivity contribution >= 4 is 24.1 Å². The van der Waals surface area contributed by atoms with Gasteiger partial charge in [0, 0.05) is 18.7 Å². The summed E-state index contributed by atoms with van der Waals surface area (Å²) in [6.07, 6.45) is 0.840. The van der Waals surface area contributed by atoms with Crippen molar-refractivity contribution in [2.24, 2.45) is 10.9 Å². The van der Waals surface area contributed by atoms with E-state index in [0.717, 1.165) is 40.9 Å². The van der Waals surface area contributed by atoms with Crippen molar-refractivity contribution in [3.05, 3.63) is 95.9 Å². The summed E-state index contributed by atoms with van der Waals surface area (Å²) in [5.41, 5.74) is 11.6. The van der Waals surface area contributed by atoms with Gasteiger partial charge >= 0.3 is 0 Å². The summed E-state index contributed by atoms with van der Waals surface area (Å²) >= 11 is 0. The standard InChI is InChI=1S/C28H28N6O2.ClH/c1-19(32-35-18-20-6-5-9-24(16-20)22-7-3-2-4-8-22)21-10-12-23(13-11-21)26-31-27(36-33-26)25-14-15-34(17-25)28(29)30;/h2-13,16,25H,14-15,17-18H2,1H3,(H3,29,30);1H. The van der Waals surface area contributed by atoms with E-state index < -0.39 is 0 Å². The van der Waals surface area contributed by atoms with Crippen LogP contribution in [0.4, 0.5) is 0 Å². The van der Waals surface area contributed by atoms with Gasteiger partial charge in [-0.1, -0.05) is 83.1 Å². The summed E-state index contributed by atoms with van der Waals surface area (Å²) in [7, 11) is 0. The van der Waals surface area contributed by atoms with Crippen LogP contribution in [-0.2, 0) is 11.4 Å². The molecule has 3 aromatic carbocycles. The third-order valence-corrected chi connectivity index (χ3v) is 6.35. The van der Waals surface area contributed by atoms with Crippen LogP contribution < -0.4 is 5.73 Å². The molecule has 0 bridgehead atoms. The van der Waals surface area contributed by atoms with Gasteiger partial charge in [0.1, 0.15) is 6.61 Å². The van der Waals surface area contributed by atoms with E-state index in [9.17, 15) is 0 Å². The third kappa shape index (κ3) is 6.16. The highest BCUT2D eigenvalue weighted by Gasteiger charge is 2.29. The van der Waals surface area contributed by atoms with E-state index in [4.69, 9.17) is 20.5 Å². The topological polar surface area (TPSA) is 114 Å². The van der Waals surface area contributed by atoms with E-state index in [1.165, 1.54) is 5.56 Å². The van der Waals surface area contributed by atoms with Crippen LogP contribution in [-0.4, -0.2) is 39.8 Å². The van der Waals surface area contributed by atoms with Crippen molar-refractivity contribution in [1.29, 1.82) is 5.41 Å². The number of hydrogen-bond acceptors (Lipinski definition) is 6. The minimum Gasteiger partial charge on any atom is -0.391 e. The van der Waals surface area contributed by atoms with Crippen molar-refractivity contribution in [3.63, 3.8) is 0 Å². The number of oxime groups is 1. The van der Waals surface area contributed by atoms with Crippen molar-refractivity contribution in [2.45, 2.75) is 25.9 Å². The molecule has 4 aromatic rings. The van der Waals surface area contributed by atoms with Gasteiger partial charge in [-0.25, -0.2) is 0 Å². The predicted octanol–water partition coefficient (Wildman–Crippen LogP) is 5.45. The molecule has 1 unspecified atom stereocenters. The summed E-state index contributed by atoms with van der Waals surface area (Å²) in [5.74, 6) is 1.30. The lowest BCUT2D eigenvalue weighted by Crippen LogP contribution is -2.34. The first kappa shape index (κ1) is 25.9. The Kier molecular flexibility index (Phi) is 8.20. The molecule has 0 aliphatic carbocycles. The second-order valence-corrected chi connectivity index (χ2v) is 8.87. The molecule has 1 aliphatic rings. The first-order valence-corrected chi connectivity index (χ1v) is 11.9. The average molecular weight is 517 g/mol. The summed E-state index contributed by atoms with van der Waals surface area (Å²) in [4.78, 5) is 12.0. The monoisotopic (exact) mass is 516 g/mol. The van der Waals surface area contributed by atoms with E-state index in [1.54, 1.807) is 0 Å². The number of rotatable bonds is 7. The predicted molar refractivity (Wildman–Crippen MR) is 147 cm³/mol. The summed E-state index contributed by atoms with van der Waals surface area (Å²) in [5, 5.41) is 16.0. The zero-order valence-electron chi connectivity index (χ0n) is 20.5. The van der Waals surface area contributed by atoms with E-state index in [-0.39, 0.29) is 24.3 Å². The van der Waals surface area contributed by atoms with Gasteiger partial charge in [0.2, 0.25) is 11.7 Å². The number of nitrogens with two attached hydrogens (primary N) is 1. The fourth-order valence-electron chi connectivity index (χ4n) is 4.29. The normalized spacial score (nSPS) is 15.3. The second-order valence-electron chi connectivity index (χ2n) is 8.87. The quantitative estimate of drug-likeness (QED) is 0.192. The number of nitrogens with zero attached hydrogens (tertiary/aromatic N) is 4. The third-order valence-electron chi connectivity index (χ3n) is 6.35. The molecular formula is C28H29ClN6O2. The lowest BCUT2D eigenvalue weighted by atomic mass is 10.0. The highest BCUT2D eigenvalue weighted by atomic mass is 35.5. The average Bonchev–Trinajstić information content (AvgIpc) is 3.60. The SMILES string of the molecule is CC(=NOCc1cccc(-c2ccccc2)c1)c1ccc(-c2noc(C3CCN(C(=N)N)C3)n2)cc1.Cl. The van der Waals surface area contributed by atoms with E-state index in [0.29, 0.717) is 24.9 Å². The van der Waals surface area contributed by atoms with Gasteiger partial charge in [-0.3, -0.25) is 5.41 Å². The van der Waals surface area contributed by atoms with E-state index in [2.05, 4.69) is 39.6 Å². The minimum absolute atomic E-state index is 0. The summed E-state index contributed by atoms with van der Waals surface area (Å²) in [6.45, 7) is 3.67. The van der Waals surface area contributed by atoms with Gasteiger partial charge < -0.3 is 20.0 Å². The number of aromatic nitrogens is 2. The Balaban J connectivity index is 0.00000320. The molecular weight excluding hydrogens is 488 g/mol. The molecule has 2 heterocycles. The maximum absolute atomic E-state index is 7.58. The number of hydrogen-bond donors (Lipinski definition) is 2. The van der Waals surface area contributed by atoms with E-state index in [1.807, 2.05) is 66.4 Å². The lowest BCUT2D eigenvalue weighted by molar-refractivity contribution is 0.130. The fraction of sp³-hybridized carbons (Fsp3) is 0.214. The van der Waals surface area contributed by atoms with Gasteiger partial charge in [-0.2, -0.15) is 4.98 Å². The smallest absolute Gasteiger partial charge is 0.231 e. The molecule has 1 atom stereocenters. The highest BCUT2D eigenvalue weighted by Crippen LogP contribution is 2.27. The van der Waals surface area contributed by atoms with Crippen LogP contribution in [0.15, 0.2) is 88.5 Å². The van der Waals surface area contributed by atoms with E-state index >= 15 is 0 Å². The van der Waals surface area contributed by atoms with Crippen LogP contribution in [0.1, 0.15) is 36.3 Å². The number of benzene rings is 3. The first-order chi connectivity index (χ1) is 17.6. The van der Waals surface area contributed by atoms with Crippen LogP contribution >= 0.6 is 12.4 Å². The largest absolute Gasteiger partial charge is 0.391 e. The molecule has 0 spiro atoms. The van der Waals surface area contributed by atoms with Crippen molar-refractivity contribution in [1.82, 2.24) is 15.0 Å². The van der Waals surface area contributed by atoms with Gasteiger partial charge in [0.25, 0.3) is 0 Å². The van der Waals surface area contributed by atoms with Gasteiger partial charge in [-0.05, 0) is 41.7 Å². The maximum atomic E-state index is 7.58. The Morgan fingerprint density at radius 2 is 1.81 bits per heavy atom. The summed E-state index contributed by atoms with van der Waals surface area (Å²) < 4.78 is 5.50. The van der Waals surface area contributed by atoms with Gasteiger partial charge in [0.15, 0.2) is 5.96 Å². The molecule has 0 amide bonds. The second kappa shape index (κ2) is 11.7. The van der Waals surface area contributed by atoms with Crippen molar-refractivity contribution < 1.29 is 9.36 Å². The van der Waals surface area contributed by atoms with Crippen LogP contribution in [0.3, 0.4) is 0 Å². The Labute approximate surface area is 222 Å². The van der Waals surface area contributed by atoms with Crippen LogP contribution in [0.2, 0.25) is 0 Å². The van der Waals surface area contributed by atoms with Crippen molar-refractivity contribution in [2.75, 3.05) is 13.1 Å². The first-order valence-electron chi connectivity index (χ1n) is 11.9. The molecule has 37 heavy (non-hydrogen) atoms. The Hall–Kier alpha value is -4.17. The zero-order chi connectivity index (χ0) is 24.9. The Morgan fingerprint density at radius 3 is 2.54 bits per heavy atom.